The normalized spacial score (nSPS) is 11.4. The molecular formula is C14H13ClFNO3S. The van der Waals surface area contributed by atoms with Crippen LogP contribution in [0.4, 0.5) is 4.39 Å². The number of sulfonamides is 1. The lowest BCUT2D eigenvalue weighted by Gasteiger charge is -2.08. The molecular weight excluding hydrogens is 317 g/mol. The molecule has 0 aliphatic carbocycles. The zero-order valence-electron chi connectivity index (χ0n) is 11.1. The first-order chi connectivity index (χ1) is 9.92. The molecule has 0 bridgehead atoms. The molecule has 2 rings (SSSR count). The van der Waals surface area contributed by atoms with Gasteiger partial charge in [-0.1, -0.05) is 23.7 Å². The van der Waals surface area contributed by atoms with Gasteiger partial charge in [-0.25, -0.2) is 17.5 Å². The van der Waals surface area contributed by atoms with Gasteiger partial charge in [0.05, 0.1) is 17.0 Å². The Hall–Kier alpha value is -1.63. The highest BCUT2D eigenvalue weighted by Gasteiger charge is 2.15. The summed E-state index contributed by atoms with van der Waals surface area (Å²) in [7, 11) is -2.19. The first-order valence-corrected chi connectivity index (χ1v) is 7.86. The fourth-order valence-electron chi connectivity index (χ4n) is 1.65. The van der Waals surface area contributed by atoms with Gasteiger partial charge in [0.2, 0.25) is 10.0 Å². The molecule has 0 fully saturated rings. The van der Waals surface area contributed by atoms with E-state index >= 15 is 0 Å². The monoisotopic (exact) mass is 329 g/mol. The summed E-state index contributed by atoms with van der Waals surface area (Å²) in [5.74, 6) is 0.0256. The fraction of sp³-hybridized carbons (Fsp3) is 0.143. The van der Waals surface area contributed by atoms with E-state index in [2.05, 4.69) is 4.72 Å². The molecule has 1 N–H and O–H groups in total. The number of nitrogens with one attached hydrogen (secondary N) is 1. The SMILES string of the molecule is COc1ccc(CNS(=O)(=O)c2ccc(F)c(Cl)c2)cc1. The van der Waals surface area contributed by atoms with E-state index in [0.717, 1.165) is 23.8 Å². The van der Waals surface area contributed by atoms with E-state index in [1.54, 1.807) is 31.4 Å². The van der Waals surface area contributed by atoms with Gasteiger partial charge in [0.15, 0.2) is 0 Å². The van der Waals surface area contributed by atoms with Crippen molar-refractivity contribution in [3.63, 3.8) is 0 Å². The predicted molar refractivity (Wildman–Crippen MR) is 78.4 cm³/mol. The average molecular weight is 330 g/mol. The molecule has 0 radical (unpaired) electrons. The topological polar surface area (TPSA) is 55.4 Å². The van der Waals surface area contributed by atoms with Gasteiger partial charge in [0.25, 0.3) is 0 Å². The lowest BCUT2D eigenvalue weighted by atomic mass is 10.2. The smallest absolute Gasteiger partial charge is 0.240 e. The predicted octanol–water partition coefficient (Wildman–Crippen LogP) is 2.97. The Bertz CT molecular complexity index is 732. The molecule has 0 saturated heterocycles. The second kappa shape index (κ2) is 6.43. The van der Waals surface area contributed by atoms with E-state index in [0.29, 0.717) is 5.75 Å². The van der Waals surface area contributed by atoms with Crippen LogP contribution in [0.15, 0.2) is 47.4 Å². The number of hydrogen-bond donors (Lipinski definition) is 1. The summed E-state index contributed by atoms with van der Waals surface area (Å²) in [6, 6.07) is 10.2. The van der Waals surface area contributed by atoms with Crippen molar-refractivity contribution in [1.82, 2.24) is 4.72 Å². The van der Waals surface area contributed by atoms with Crippen molar-refractivity contribution in [2.75, 3.05) is 7.11 Å². The number of rotatable bonds is 5. The third-order valence-corrected chi connectivity index (χ3v) is 4.52. The van der Waals surface area contributed by atoms with Crippen molar-refractivity contribution in [3.8, 4) is 5.75 Å². The molecule has 0 heterocycles. The Kier molecular flexibility index (Phi) is 4.82. The molecule has 0 aliphatic heterocycles. The fourth-order valence-corrected chi connectivity index (χ4v) is 2.94. The zero-order chi connectivity index (χ0) is 15.5. The quantitative estimate of drug-likeness (QED) is 0.917. The van der Waals surface area contributed by atoms with Gasteiger partial charge in [-0.3, -0.25) is 0 Å². The van der Waals surface area contributed by atoms with Crippen molar-refractivity contribution < 1.29 is 17.5 Å². The van der Waals surface area contributed by atoms with Crippen LogP contribution in [-0.4, -0.2) is 15.5 Å². The summed E-state index contributed by atoms with van der Waals surface area (Å²) in [5, 5.41) is -0.234. The summed E-state index contributed by atoms with van der Waals surface area (Å²) in [6.45, 7) is 0.112. The van der Waals surface area contributed by atoms with Gasteiger partial charge >= 0.3 is 0 Å². The van der Waals surface area contributed by atoms with Crippen LogP contribution in [0.3, 0.4) is 0 Å². The minimum absolute atomic E-state index is 0.0811. The molecule has 21 heavy (non-hydrogen) atoms. The van der Waals surface area contributed by atoms with Gasteiger partial charge in [-0.2, -0.15) is 0 Å². The van der Waals surface area contributed by atoms with Crippen molar-refractivity contribution in [2.45, 2.75) is 11.4 Å². The highest BCUT2D eigenvalue weighted by molar-refractivity contribution is 7.89. The van der Waals surface area contributed by atoms with E-state index in [4.69, 9.17) is 16.3 Å². The highest BCUT2D eigenvalue weighted by Crippen LogP contribution is 2.19. The van der Waals surface area contributed by atoms with Crippen LogP contribution >= 0.6 is 11.6 Å². The molecule has 0 aliphatic rings. The Morgan fingerprint density at radius 1 is 1.19 bits per heavy atom. The van der Waals surface area contributed by atoms with Crippen LogP contribution in [0, 0.1) is 5.82 Å². The standard InChI is InChI=1S/C14H13ClFNO3S/c1-20-11-4-2-10(3-5-11)9-17-21(18,19)12-6-7-14(16)13(15)8-12/h2-8,17H,9H2,1H3. The maximum Gasteiger partial charge on any atom is 0.240 e. The molecule has 0 saturated carbocycles. The number of methoxy groups -OCH3 is 1. The third kappa shape index (κ3) is 3.93. The van der Waals surface area contributed by atoms with Crippen molar-refractivity contribution in [2.24, 2.45) is 0 Å². The Morgan fingerprint density at radius 3 is 2.43 bits per heavy atom. The van der Waals surface area contributed by atoms with Crippen LogP contribution in [0.25, 0.3) is 0 Å². The van der Waals surface area contributed by atoms with Gasteiger partial charge in [0, 0.05) is 6.54 Å². The van der Waals surface area contributed by atoms with Gasteiger partial charge in [-0.15, -0.1) is 0 Å². The Balaban J connectivity index is 2.11. The van der Waals surface area contributed by atoms with Gasteiger partial charge < -0.3 is 4.74 Å². The van der Waals surface area contributed by atoms with Crippen LogP contribution in [0.5, 0.6) is 5.75 Å². The average Bonchev–Trinajstić information content (AvgIpc) is 2.48. The molecule has 2 aromatic carbocycles. The Labute approximate surface area is 127 Å². The second-order valence-electron chi connectivity index (χ2n) is 4.25. The number of benzene rings is 2. The van der Waals surface area contributed by atoms with E-state index in [1.165, 1.54) is 0 Å². The third-order valence-electron chi connectivity index (χ3n) is 2.83. The van der Waals surface area contributed by atoms with Crippen LogP contribution in [0.2, 0.25) is 5.02 Å². The molecule has 112 valence electrons. The van der Waals surface area contributed by atoms with E-state index in [1.807, 2.05) is 0 Å². The first-order valence-electron chi connectivity index (χ1n) is 6.00. The molecule has 0 aromatic heterocycles. The zero-order valence-corrected chi connectivity index (χ0v) is 12.7. The molecule has 0 spiro atoms. The summed E-state index contributed by atoms with van der Waals surface area (Å²) >= 11 is 5.59. The largest absolute Gasteiger partial charge is 0.497 e. The van der Waals surface area contributed by atoms with Crippen LogP contribution in [0.1, 0.15) is 5.56 Å². The second-order valence-corrected chi connectivity index (χ2v) is 6.42. The molecule has 2 aromatic rings. The lowest BCUT2D eigenvalue weighted by Crippen LogP contribution is -2.23. The minimum Gasteiger partial charge on any atom is -0.497 e. The van der Waals surface area contributed by atoms with Crippen molar-refractivity contribution in [1.29, 1.82) is 0 Å². The maximum absolute atomic E-state index is 13.1. The molecule has 4 nitrogen and oxygen atoms in total. The Morgan fingerprint density at radius 2 is 1.86 bits per heavy atom. The maximum atomic E-state index is 13.1. The first kappa shape index (κ1) is 15.8. The van der Waals surface area contributed by atoms with E-state index < -0.39 is 15.8 Å². The number of hydrogen-bond acceptors (Lipinski definition) is 3. The minimum atomic E-state index is -3.75. The van der Waals surface area contributed by atoms with Gasteiger partial charge in [-0.05, 0) is 35.9 Å². The summed E-state index contributed by atoms with van der Waals surface area (Å²) in [5.41, 5.74) is 0.771. The van der Waals surface area contributed by atoms with Crippen LogP contribution in [-0.2, 0) is 16.6 Å². The highest BCUT2D eigenvalue weighted by atomic mass is 35.5. The molecule has 0 amide bonds. The van der Waals surface area contributed by atoms with E-state index in [-0.39, 0.29) is 16.5 Å². The molecule has 0 atom stereocenters. The number of halogens is 2. The molecule has 0 unspecified atom stereocenters. The lowest BCUT2D eigenvalue weighted by molar-refractivity contribution is 0.414. The molecule has 7 heteroatoms. The summed E-state index contributed by atoms with van der Waals surface area (Å²) < 4.78 is 44.6. The summed E-state index contributed by atoms with van der Waals surface area (Å²) in [6.07, 6.45) is 0. The van der Waals surface area contributed by atoms with Crippen LogP contribution < -0.4 is 9.46 Å². The van der Waals surface area contributed by atoms with Gasteiger partial charge in [0.1, 0.15) is 11.6 Å². The van der Waals surface area contributed by atoms with Crippen molar-refractivity contribution in [3.05, 3.63) is 58.9 Å². The summed E-state index contributed by atoms with van der Waals surface area (Å²) in [4.78, 5) is -0.0811. The number of ether oxygens (including phenoxy) is 1. The van der Waals surface area contributed by atoms with E-state index in [9.17, 15) is 12.8 Å². The van der Waals surface area contributed by atoms with Crippen molar-refractivity contribution >= 4 is 21.6 Å².